The average Bonchev–Trinajstić information content (AvgIpc) is 3.20. The van der Waals surface area contributed by atoms with Crippen LogP contribution in [0.3, 0.4) is 0 Å². The van der Waals surface area contributed by atoms with Gasteiger partial charge in [-0.15, -0.1) is 0 Å². The Morgan fingerprint density at radius 3 is 2.92 bits per heavy atom. The highest BCUT2D eigenvalue weighted by atomic mass is 16.5. The number of aliphatic carboxylic acids is 1. The van der Waals surface area contributed by atoms with Crippen LogP contribution in [-0.4, -0.2) is 52.3 Å². The molecule has 1 fully saturated rings. The van der Waals surface area contributed by atoms with E-state index < -0.39 is 5.97 Å². The van der Waals surface area contributed by atoms with Crippen LogP contribution in [0.15, 0.2) is 30.5 Å². The Hall–Kier alpha value is -2.34. The lowest BCUT2D eigenvalue weighted by atomic mass is 10.1. The number of carboxylic acid groups (broad SMARTS) is 1. The maximum absolute atomic E-state index is 13.0. The van der Waals surface area contributed by atoms with Gasteiger partial charge in [0, 0.05) is 49.4 Å². The van der Waals surface area contributed by atoms with Gasteiger partial charge in [-0.1, -0.05) is 6.07 Å². The molecule has 1 atom stereocenters. The number of hydrogen-bond donors (Lipinski definition) is 1. The molecule has 2 aromatic rings. The Balaban J connectivity index is 1.86. The first-order chi connectivity index (χ1) is 11.6. The number of aryl methyl sites for hydroxylation is 1. The number of fused-ring (bicyclic) bond motifs is 1. The fraction of sp³-hybridized carbons (Fsp3) is 0.444. The summed E-state index contributed by atoms with van der Waals surface area (Å²) in [6, 6.07) is 7.54. The van der Waals surface area contributed by atoms with Gasteiger partial charge in [0.15, 0.2) is 0 Å². The predicted octanol–water partition coefficient (Wildman–Crippen LogP) is 2.27. The van der Waals surface area contributed by atoms with Gasteiger partial charge < -0.3 is 19.3 Å². The van der Waals surface area contributed by atoms with Crippen LogP contribution < -0.4 is 0 Å². The largest absolute Gasteiger partial charge is 0.481 e. The minimum Gasteiger partial charge on any atom is -0.481 e. The van der Waals surface area contributed by atoms with E-state index in [1.54, 1.807) is 11.0 Å². The molecular weight excluding hydrogens is 308 g/mol. The number of aromatic nitrogens is 1. The molecule has 0 aliphatic carbocycles. The van der Waals surface area contributed by atoms with Crippen molar-refractivity contribution in [2.24, 2.45) is 7.05 Å². The third-order valence-electron chi connectivity index (χ3n) is 4.49. The number of nitrogens with zero attached hydrogens (tertiary/aromatic N) is 2. The monoisotopic (exact) mass is 330 g/mol. The first kappa shape index (κ1) is 16.5. The van der Waals surface area contributed by atoms with Gasteiger partial charge in [-0.2, -0.15) is 0 Å². The second kappa shape index (κ2) is 7.05. The summed E-state index contributed by atoms with van der Waals surface area (Å²) in [6.45, 7) is 1.34. The fourth-order valence-corrected chi connectivity index (χ4v) is 3.20. The first-order valence-electron chi connectivity index (χ1n) is 8.23. The summed E-state index contributed by atoms with van der Waals surface area (Å²) in [5.41, 5.74) is 1.59. The van der Waals surface area contributed by atoms with Gasteiger partial charge in [-0.05, 0) is 31.0 Å². The van der Waals surface area contributed by atoms with Gasteiger partial charge in [-0.3, -0.25) is 9.59 Å². The normalized spacial score (nSPS) is 17.3. The Labute approximate surface area is 140 Å². The van der Waals surface area contributed by atoms with Crippen molar-refractivity contribution in [1.82, 2.24) is 9.47 Å². The Morgan fingerprint density at radius 1 is 1.38 bits per heavy atom. The van der Waals surface area contributed by atoms with Crippen molar-refractivity contribution in [1.29, 1.82) is 0 Å². The summed E-state index contributed by atoms with van der Waals surface area (Å²) < 4.78 is 7.59. The lowest BCUT2D eigenvalue weighted by Gasteiger charge is -2.25. The van der Waals surface area contributed by atoms with Gasteiger partial charge in [0.2, 0.25) is 0 Å². The molecule has 24 heavy (non-hydrogen) atoms. The van der Waals surface area contributed by atoms with Gasteiger partial charge in [0.25, 0.3) is 5.91 Å². The molecule has 0 unspecified atom stereocenters. The Kier molecular flexibility index (Phi) is 4.85. The number of carbonyl (C=O) groups is 2. The summed E-state index contributed by atoms with van der Waals surface area (Å²) in [6.07, 6.45) is 3.75. The summed E-state index contributed by atoms with van der Waals surface area (Å²) in [5, 5.41) is 9.86. The summed E-state index contributed by atoms with van der Waals surface area (Å²) in [5.74, 6) is -1.04. The summed E-state index contributed by atoms with van der Waals surface area (Å²) in [4.78, 5) is 25.6. The number of carbonyl (C=O) groups excluding carboxylic acids is 1. The lowest BCUT2D eigenvalue weighted by molar-refractivity contribution is -0.137. The van der Waals surface area contributed by atoms with E-state index in [0.29, 0.717) is 18.7 Å². The maximum atomic E-state index is 13.0. The van der Waals surface area contributed by atoms with E-state index in [9.17, 15) is 9.59 Å². The average molecular weight is 330 g/mol. The number of rotatable bonds is 6. The van der Waals surface area contributed by atoms with Gasteiger partial charge in [0.05, 0.1) is 12.5 Å². The standard InChI is InChI=1S/C18H22N2O4/c1-19-9-7-14-15(5-2-6-16(14)19)18(23)20(10-8-17(21)22)12-13-4-3-11-24-13/h2,5-7,9,13H,3-4,8,10-12H2,1H3,(H,21,22)/t13-/m0/s1. The van der Waals surface area contributed by atoms with Crippen LogP contribution in [-0.2, 0) is 16.6 Å². The Morgan fingerprint density at radius 2 is 2.21 bits per heavy atom. The van der Waals surface area contributed by atoms with Gasteiger partial charge in [-0.25, -0.2) is 0 Å². The van der Waals surface area contributed by atoms with Crippen LogP contribution in [0.25, 0.3) is 10.9 Å². The molecule has 1 aromatic carbocycles. The quantitative estimate of drug-likeness (QED) is 0.882. The smallest absolute Gasteiger partial charge is 0.305 e. The molecule has 2 heterocycles. The zero-order chi connectivity index (χ0) is 17.1. The topological polar surface area (TPSA) is 71.8 Å². The number of benzene rings is 1. The highest BCUT2D eigenvalue weighted by Gasteiger charge is 2.25. The second-order valence-electron chi connectivity index (χ2n) is 6.19. The number of amides is 1. The molecule has 1 aromatic heterocycles. The van der Waals surface area contributed by atoms with Gasteiger partial charge >= 0.3 is 5.97 Å². The van der Waals surface area contributed by atoms with Crippen molar-refractivity contribution in [3.05, 3.63) is 36.0 Å². The van der Waals surface area contributed by atoms with E-state index in [-0.39, 0.29) is 25.0 Å². The number of hydrogen-bond acceptors (Lipinski definition) is 3. The molecule has 1 saturated heterocycles. The highest BCUT2D eigenvalue weighted by molar-refractivity contribution is 6.06. The van der Waals surface area contributed by atoms with E-state index in [1.807, 2.05) is 36.0 Å². The SMILES string of the molecule is Cn1ccc2c(C(=O)N(CCC(=O)O)C[C@@H]3CCCO3)cccc21. The van der Waals surface area contributed by atoms with E-state index in [2.05, 4.69) is 0 Å². The van der Waals surface area contributed by atoms with Crippen LogP contribution in [0, 0.1) is 0 Å². The van der Waals surface area contributed by atoms with Gasteiger partial charge in [0.1, 0.15) is 0 Å². The van der Waals surface area contributed by atoms with E-state index in [1.165, 1.54) is 0 Å². The number of ether oxygens (including phenoxy) is 1. The predicted molar refractivity (Wildman–Crippen MR) is 90.0 cm³/mol. The molecule has 3 rings (SSSR count). The molecule has 0 saturated carbocycles. The van der Waals surface area contributed by atoms with Crippen LogP contribution >= 0.6 is 0 Å². The third kappa shape index (κ3) is 3.43. The summed E-state index contributed by atoms with van der Waals surface area (Å²) >= 11 is 0. The second-order valence-corrected chi connectivity index (χ2v) is 6.19. The van der Waals surface area contributed by atoms with Crippen molar-refractivity contribution in [2.75, 3.05) is 19.7 Å². The van der Waals surface area contributed by atoms with Crippen molar-refractivity contribution in [2.45, 2.75) is 25.4 Å². The Bertz CT molecular complexity index is 747. The minimum atomic E-state index is -0.905. The van der Waals surface area contributed by atoms with Crippen LogP contribution in [0.5, 0.6) is 0 Å². The molecule has 0 spiro atoms. The molecule has 128 valence electrons. The van der Waals surface area contributed by atoms with Crippen molar-refractivity contribution < 1.29 is 19.4 Å². The lowest BCUT2D eigenvalue weighted by Crippen LogP contribution is -2.38. The molecule has 1 aliphatic heterocycles. The molecule has 6 nitrogen and oxygen atoms in total. The zero-order valence-electron chi connectivity index (χ0n) is 13.8. The molecule has 6 heteroatoms. The molecule has 0 radical (unpaired) electrons. The maximum Gasteiger partial charge on any atom is 0.305 e. The van der Waals surface area contributed by atoms with Crippen LogP contribution in [0.1, 0.15) is 29.6 Å². The van der Waals surface area contributed by atoms with Crippen molar-refractivity contribution >= 4 is 22.8 Å². The van der Waals surface area contributed by atoms with Crippen LogP contribution in [0.2, 0.25) is 0 Å². The molecular formula is C18H22N2O4. The third-order valence-corrected chi connectivity index (χ3v) is 4.49. The van der Waals surface area contributed by atoms with Crippen molar-refractivity contribution in [3.8, 4) is 0 Å². The summed E-state index contributed by atoms with van der Waals surface area (Å²) in [7, 11) is 1.94. The van der Waals surface area contributed by atoms with E-state index in [4.69, 9.17) is 9.84 Å². The first-order valence-corrected chi connectivity index (χ1v) is 8.23. The highest BCUT2D eigenvalue weighted by Crippen LogP contribution is 2.22. The zero-order valence-corrected chi connectivity index (χ0v) is 13.8. The molecule has 1 aliphatic rings. The number of carboxylic acids is 1. The molecule has 0 bridgehead atoms. The van der Waals surface area contributed by atoms with E-state index >= 15 is 0 Å². The van der Waals surface area contributed by atoms with Crippen molar-refractivity contribution in [3.63, 3.8) is 0 Å². The minimum absolute atomic E-state index is 0.00211. The molecule has 1 amide bonds. The fourth-order valence-electron chi connectivity index (χ4n) is 3.20. The molecule has 1 N–H and O–H groups in total. The van der Waals surface area contributed by atoms with Crippen LogP contribution in [0.4, 0.5) is 0 Å². The van der Waals surface area contributed by atoms with E-state index in [0.717, 1.165) is 23.7 Å².